The van der Waals surface area contributed by atoms with Crippen molar-refractivity contribution >= 4 is 0 Å². The summed E-state index contributed by atoms with van der Waals surface area (Å²) in [5.74, 6) is 2.91. The summed E-state index contributed by atoms with van der Waals surface area (Å²) in [7, 11) is 0. The van der Waals surface area contributed by atoms with E-state index >= 15 is 0 Å². The SMILES string of the molecule is C#CC1(c2ccccccccc2)CC1. The first-order chi connectivity index (χ1) is 7.37. The molecule has 0 bridgehead atoms. The molecule has 15 heavy (non-hydrogen) atoms. The van der Waals surface area contributed by atoms with Gasteiger partial charge in [-0.3, -0.25) is 0 Å². The van der Waals surface area contributed by atoms with Gasteiger partial charge in [0.25, 0.3) is 0 Å². The minimum absolute atomic E-state index is 0.0254. The Kier molecular flexibility index (Phi) is 2.74. The van der Waals surface area contributed by atoms with E-state index in [4.69, 9.17) is 6.42 Å². The smallest absolute Gasteiger partial charge is 0.0561 e. The van der Waals surface area contributed by atoms with Crippen molar-refractivity contribution < 1.29 is 0 Å². The van der Waals surface area contributed by atoms with Crippen molar-refractivity contribution in [1.82, 2.24) is 0 Å². The molecule has 1 aliphatic carbocycles. The fraction of sp³-hybridized carbons (Fsp3) is 0.200. The second-order valence-electron chi connectivity index (χ2n) is 3.86. The fourth-order valence-electron chi connectivity index (χ4n) is 1.66. The summed E-state index contributed by atoms with van der Waals surface area (Å²) in [5, 5.41) is 0. The number of hydrogen-bond acceptors (Lipinski definition) is 0. The van der Waals surface area contributed by atoms with Gasteiger partial charge in [-0.25, -0.2) is 0 Å². The Balaban J connectivity index is 2.46. The average molecular weight is 194 g/mol. The molecule has 1 aliphatic rings. The van der Waals surface area contributed by atoms with Crippen molar-refractivity contribution in [1.29, 1.82) is 0 Å². The lowest BCUT2D eigenvalue weighted by atomic mass is 9.98. The summed E-state index contributed by atoms with van der Waals surface area (Å²) in [6, 6.07) is 18.4. The first kappa shape index (κ1) is 9.80. The summed E-state index contributed by atoms with van der Waals surface area (Å²) in [6.07, 6.45) is 7.82. The molecule has 0 heterocycles. The molecule has 2 rings (SSSR count). The van der Waals surface area contributed by atoms with Crippen LogP contribution in [-0.2, 0) is 5.41 Å². The molecular weight excluding hydrogens is 180 g/mol. The van der Waals surface area contributed by atoms with E-state index < -0.39 is 0 Å². The maximum Gasteiger partial charge on any atom is 0.0561 e. The number of rotatable bonds is 1. The first-order valence-electron chi connectivity index (χ1n) is 5.24. The molecule has 1 fully saturated rings. The van der Waals surface area contributed by atoms with Gasteiger partial charge in [-0.2, -0.15) is 0 Å². The van der Waals surface area contributed by atoms with E-state index in [0.717, 1.165) is 12.8 Å². The van der Waals surface area contributed by atoms with Crippen LogP contribution in [0.4, 0.5) is 0 Å². The molecule has 0 N–H and O–H groups in total. The van der Waals surface area contributed by atoms with Gasteiger partial charge < -0.3 is 0 Å². The van der Waals surface area contributed by atoms with Crippen LogP contribution in [-0.4, -0.2) is 0 Å². The Labute approximate surface area is 91.3 Å². The standard InChI is InChI=1S/C15H14/c1-2-15(12-13-15)14-10-8-6-4-3-5-7-9-11-14/h1,3-11H,12-13H2. The van der Waals surface area contributed by atoms with Gasteiger partial charge in [0, 0.05) is 0 Å². The molecule has 0 spiro atoms. The van der Waals surface area contributed by atoms with E-state index in [0.29, 0.717) is 0 Å². The maximum absolute atomic E-state index is 5.58. The van der Waals surface area contributed by atoms with Crippen molar-refractivity contribution in [2.75, 3.05) is 0 Å². The quantitative estimate of drug-likeness (QED) is 0.600. The molecule has 0 aliphatic heterocycles. The van der Waals surface area contributed by atoms with Crippen LogP contribution < -0.4 is 0 Å². The molecule has 0 atom stereocenters. The maximum atomic E-state index is 5.58. The number of terminal acetylenes is 1. The van der Waals surface area contributed by atoms with Crippen LogP contribution in [0.25, 0.3) is 0 Å². The average Bonchev–Trinajstić information content (AvgIpc) is 3.07. The van der Waals surface area contributed by atoms with Crippen molar-refractivity contribution in [2.45, 2.75) is 18.3 Å². The van der Waals surface area contributed by atoms with Crippen molar-refractivity contribution in [3.05, 3.63) is 60.2 Å². The minimum Gasteiger partial charge on any atom is -0.119 e. The van der Waals surface area contributed by atoms with E-state index in [2.05, 4.69) is 18.1 Å². The van der Waals surface area contributed by atoms with Gasteiger partial charge in [0.15, 0.2) is 0 Å². The molecule has 0 heteroatoms. The Bertz CT molecular complexity index is 407. The van der Waals surface area contributed by atoms with Crippen LogP contribution in [0.1, 0.15) is 18.4 Å². The predicted molar refractivity (Wildman–Crippen MR) is 63.8 cm³/mol. The van der Waals surface area contributed by atoms with Gasteiger partial charge in [-0.15, -0.1) is 6.42 Å². The van der Waals surface area contributed by atoms with Gasteiger partial charge in [0.05, 0.1) is 5.41 Å². The zero-order valence-corrected chi connectivity index (χ0v) is 8.69. The molecule has 1 aromatic rings. The van der Waals surface area contributed by atoms with E-state index in [1.54, 1.807) is 0 Å². The second kappa shape index (κ2) is 4.19. The molecule has 0 aromatic heterocycles. The summed E-state index contributed by atoms with van der Waals surface area (Å²) >= 11 is 0. The summed E-state index contributed by atoms with van der Waals surface area (Å²) in [4.78, 5) is 0. The van der Waals surface area contributed by atoms with E-state index in [9.17, 15) is 0 Å². The lowest BCUT2D eigenvalue weighted by Crippen LogP contribution is -2.00. The zero-order valence-electron chi connectivity index (χ0n) is 8.69. The van der Waals surface area contributed by atoms with Crippen LogP contribution in [0.2, 0.25) is 0 Å². The van der Waals surface area contributed by atoms with E-state index in [-0.39, 0.29) is 5.41 Å². The third-order valence-electron chi connectivity index (χ3n) is 2.80. The molecule has 1 saturated carbocycles. The highest BCUT2D eigenvalue weighted by atomic mass is 14.4. The summed E-state index contributed by atoms with van der Waals surface area (Å²) in [6.45, 7) is 0. The van der Waals surface area contributed by atoms with Gasteiger partial charge in [0.1, 0.15) is 0 Å². The third kappa shape index (κ3) is 2.19. The van der Waals surface area contributed by atoms with Crippen LogP contribution in [0.5, 0.6) is 0 Å². The van der Waals surface area contributed by atoms with Crippen LogP contribution >= 0.6 is 0 Å². The van der Waals surface area contributed by atoms with Crippen molar-refractivity contribution in [3.8, 4) is 12.3 Å². The first-order valence-corrected chi connectivity index (χ1v) is 5.24. The molecule has 0 radical (unpaired) electrons. The fourth-order valence-corrected chi connectivity index (χ4v) is 1.66. The summed E-state index contributed by atoms with van der Waals surface area (Å²) in [5.41, 5.74) is 1.28. The van der Waals surface area contributed by atoms with Crippen LogP contribution in [0.3, 0.4) is 0 Å². The second-order valence-corrected chi connectivity index (χ2v) is 3.86. The van der Waals surface area contributed by atoms with Crippen molar-refractivity contribution in [2.24, 2.45) is 0 Å². The highest BCUT2D eigenvalue weighted by Gasteiger charge is 2.42. The monoisotopic (exact) mass is 194 g/mol. The molecule has 0 saturated heterocycles. The highest BCUT2D eigenvalue weighted by molar-refractivity contribution is 5.39. The third-order valence-corrected chi connectivity index (χ3v) is 2.80. The van der Waals surface area contributed by atoms with Gasteiger partial charge in [0.2, 0.25) is 0 Å². The lowest BCUT2D eigenvalue weighted by molar-refractivity contribution is 0.933. The molecule has 74 valence electrons. The molecule has 0 amide bonds. The Morgan fingerprint density at radius 1 is 0.867 bits per heavy atom. The van der Waals surface area contributed by atoms with Crippen LogP contribution in [0, 0.1) is 12.3 Å². The molecule has 0 unspecified atom stereocenters. The van der Waals surface area contributed by atoms with E-state index in [1.807, 2.05) is 42.5 Å². The minimum atomic E-state index is 0.0254. The lowest BCUT2D eigenvalue weighted by Gasteiger charge is -2.04. The van der Waals surface area contributed by atoms with E-state index in [1.165, 1.54) is 5.56 Å². The normalized spacial score (nSPS) is 15.9. The summed E-state index contributed by atoms with van der Waals surface area (Å²) < 4.78 is 0. The van der Waals surface area contributed by atoms with Gasteiger partial charge in [-0.1, -0.05) is 60.5 Å². The Morgan fingerprint density at radius 2 is 1.33 bits per heavy atom. The zero-order chi connectivity index (χ0) is 10.6. The highest BCUT2D eigenvalue weighted by Crippen LogP contribution is 2.46. The topological polar surface area (TPSA) is 0 Å². The predicted octanol–water partition coefficient (Wildman–Crippen LogP) is 3.48. The number of hydrogen-bond donors (Lipinski definition) is 0. The largest absolute Gasteiger partial charge is 0.119 e. The Morgan fingerprint density at radius 3 is 1.73 bits per heavy atom. The Hall–Kier alpha value is -1.74. The molecular formula is C15H14. The van der Waals surface area contributed by atoms with Gasteiger partial charge in [-0.05, 0) is 18.4 Å². The van der Waals surface area contributed by atoms with Gasteiger partial charge >= 0.3 is 0 Å². The van der Waals surface area contributed by atoms with Crippen LogP contribution in [0.15, 0.2) is 54.6 Å². The molecule has 0 nitrogen and oxygen atoms in total. The van der Waals surface area contributed by atoms with Crippen molar-refractivity contribution in [3.63, 3.8) is 0 Å². The molecule has 1 aromatic carbocycles.